The minimum atomic E-state index is 0.597. The number of ether oxygens (including phenoxy) is 1. The fourth-order valence-electron chi connectivity index (χ4n) is 2.30. The summed E-state index contributed by atoms with van der Waals surface area (Å²) in [6, 6.07) is 6.39. The summed E-state index contributed by atoms with van der Waals surface area (Å²) in [6.07, 6.45) is 1.14. The van der Waals surface area contributed by atoms with Crippen LogP contribution in [0.5, 0.6) is 0 Å². The summed E-state index contributed by atoms with van der Waals surface area (Å²) in [4.78, 5) is 3.27. The highest BCUT2D eigenvalue weighted by Gasteiger charge is 2.17. The van der Waals surface area contributed by atoms with Crippen molar-refractivity contribution >= 4 is 45.8 Å². The summed E-state index contributed by atoms with van der Waals surface area (Å²) in [5.41, 5.74) is 2.32. The molecule has 0 bridgehead atoms. The Bertz CT molecular complexity index is 598. The number of H-pyrrole nitrogens is 1. The largest absolute Gasteiger partial charge is 0.381 e. The van der Waals surface area contributed by atoms with Gasteiger partial charge in [-0.1, -0.05) is 0 Å². The van der Waals surface area contributed by atoms with E-state index in [0.29, 0.717) is 5.92 Å². The molecule has 1 saturated heterocycles. The van der Waals surface area contributed by atoms with Gasteiger partial charge in [0.2, 0.25) is 0 Å². The molecular weight excluding hydrogens is 347 g/mol. The Morgan fingerprint density at radius 1 is 1.53 bits per heavy atom. The summed E-state index contributed by atoms with van der Waals surface area (Å²) in [6.45, 7) is 2.70. The van der Waals surface area contributed by atoms with E-state index in [4.69, 9.17) is 17.0 Å². The number of hydrogen-bond donors (Lipinski definition) is 1. The summed E-state index contributed by atoms with van der Waals surface area (Å²) in [7, 11) is 0. The zero-order valence-corrected chi connectivity index (χ0v) is 12.3. The molecule has 1 unspecified atom stereocenters. The third-order valence-electron chi connectivity index (χ3n) is 3.20. The van der Waals surface area contributed by atoms with Gasteiger partial charge in [0, 0.05) is 22.6 Å². The molecule has 0 radical (unpaired) electrons. The predicted octanol–water partition coefficient (Wildman–Crippen LogP) is 3.34. The Morgan fingerprint density at radius 3 is 3.18 bits per heavy atom. The maximum absolute atomic E-state index is 5.42. The molecule has 1 aliphatic rings. The van der Waals surface area contributed by atoms with Gasteiger partial charge >= 0.3 is 0 Å². The molecule has 0 aliphatic carbocycles. The molecule has 2 aromatic rings. The van der Waals surface area contributed by atoms with Crippen molar-refractivity contribution in [2.45, 2.75) is 13.0 Å². The van der Waals surface area contributed by atoms with Gasteiger partial charge in [-0.3, -0.25) is 0 Å². The number of nitrogens with one attached hydrogen (secondary N) is 1. The number of rotatable bonds is 2. The number of benzene rings is 1. The number of aromatic nitrogens is 2. The topological polar surface area (TPSA) is 29.9 Å². The second kappa shape index (κ2) is 4.70. The monoisotopic (exact) mass is 360 g/mol. The third-order valence-corrected chi connectivity index (χ3v) is 4.19. The lowest BCUT2D eigenvalue weighted by Gasteiger charge is -2.09. The molecule has 1 aliphatic heterocycles. The van der Waals surface area contributed by atoms with E-state index in [1.165, 1.54) is 9.09 Å². The van der Waals surface area contributed by atoms with E-state index in [1.54, 1.807) is 0 Å². The minimum Gasteiger partial charge on any atom is -0.381 e. The van der Waals surface area contributed by atoms with Crippen LogP contribution < -0.4 is 0 Å². The molecule has 1 aromatic carbocycles. The molecular formula is C12H13IN2OS. The molecule has 0 spiro atoms. The summed E-state index contributed by atoms with van der Waals surface area (Å²) in [5.74, 6) is 0.597. The van der Waals surface area contributed by atoms with Gasteiger partial charge in [0.25, 0.3) is 0 Å². The average molecular weight is 360 g/mol. The lowest BCUT2D eigenvalue weighted by Crippen LogP contribution is -2.10. The average Bonchev–Trinajstić information content (AvgIpc) is 2.88. The van der Waals surface area contributed by atoms with Gasteiger partial charge in [-0.15, -0.1) is 0 Å². The molecule has 1 aromatic heterocycles. The van der Waals surface area contributed by atoms with Gasteiger partial charge in [-0.05, 0) is 59.4 Å². The molecule has 1 fully saturated rings. The normalized spacial score (nSPS) is 20.2. The zero-order chi connectivity index (χ0) is 11.8. The summed E-state index contributed by atoms with van der Waals surface area (Å²) < 4.78 is 9.65. The molecule has 0 amide bonds. The van der Waals surface area contributed by atoms with Crippen molar-refractivity contribution in [1.82, 2.24) is 9.55 Å². The number of imidazole rings is 1. The quantitative estimate of drug-likeness (QED) is 0.658. The standard InChI is InChI=1S/C12H13IN2OS/c13-9-1-2-11-10(5-9)14-12(17)15(11)6-8-3-4-16-7-8/h1-2,5,8H,3-4,6-7H2,(H,14,17). The smallest absolute Gasteiger partial charge is 0.178 e. The number of nitrogens with zero attached hydrogens (tertiary/aromatic N) is 1. The molecule has 2 heterocycles. The minimum absolute atomic E-state index is 0.597. The van der Waals surface area contributed by atoms with Gasteiger partial charge in [0.05, 0.1) is 17.6 Å². The first-order chi connectivity index (χ1) is 8.24. The van der Waals surface area contributed by atoms with Crippen molar-refractivity contribution in [3.8, 4) is 0 Å². The maximum atomic E-state index is 5.42. The van der Waals surface area contributed by atoms with E-state index in [0.717, 1.165) is 36.5 Å². The van der Waals surface area contributed by atoms with Gasteiger partial charge in [0.1, 0.15) is 0 Å². The van der Waals surface area contributed by atoms with Crippen molar-refractivity contribution in [2.24, 2.45) is 5.92 Å². The Hall–Kier alpha value is -0.400. The fraction of sp³-hybridized carbons (Fsp3) is 0.417. The first-order valence-corrected chi connectivity index (χ1v) is 7.18. The van der Waals surface area contributed by atoms with Crippen LogP contribution in [0.15, 0.2) is 18.2 Å². The molecule has 3 nitrogen and oxygen atoms in total. The van der Waals surface area contributed by atoms with Crippen LogP contribution in [0.3, 0.4) is 0 Å². The highest BCUT2D eigenvalue weighted by Crippen LogP contribution is 2.21. The second-order valence-electron chi connectivity index (χ2n) is 4.43. The van der Waals surface area contributed by atoms with Crippen LogP contribution in [0.4, 0.5) is 0 Å². The highest BCUT2D eigenvalue weighted by molar-refractivity contribution is 14.1. The van der Waals surface area contributed by atoms with Gasteiger partial charge in [0.15, 0.2) is 4.77 Å². The van der Waals surface area contributed by atoms with Crippen molar-refractivity contribution in [3.05, 3.63) is 26.5 Å². The third kappa shape index (κ3) is 2.28. The first kappa shape index (κ1) is 11.7. The van der Waals surface area contributed by atoms with Crippen LogP contribution >= 0.6 is 34.8 Å². The zero-order valence-electron chi connectivity index (χ0n) is 9.28. The molecule has 3 rings (SSSR count). The van der Waals surface area contributed by atoms with Crippen molar-refractivity contribution in [2.75, 3.05) is 13.2 Å². The van der Waals surface area contributed by atoms with Crippen LogP contribution in [-0.4, -0.2) is 22.8 Å². The van der Waals surface area contributed by atoms with Crippen LogP contribution in [0.2, 0.25) is 0 Å². The highest BCUT2D eigenvalue weighted by atomic mass is 127. The summed E-state index contributed by atoms with van der Waals surface area (Å²) >= 11 is 7.71. The number of aromatic amines is 1. The van der Waals surface area contributed by atoms with Crippen LogP contribution in [0.1, 0.15) is 6.42 Å². The van der Waals surface area contributed by atoms with Crippen molar-refractivity contribution in [3.63, 3.8) is 0 Å². The van der Waals surface area contributed by atoms with Gasteiger partial charge < -0.3 is 14.3 Å². The van der Waals surface area contributed by atoms with E-state index in [-0.39, 0.29) is 0 Å². The first-order valence-electron chi connectivity index (χ1n) is 5.70. The van der Waals surface area contributed by atoms with E-state index >= 15 is 0 Å². The van der Waals surface area contributed by atoms with E-state index in [2.05, 4.69) is 50.3 Å². The van der Waals surface area contributed by atoms with Crippen LogP contribution in [0, 0.1) is 14.3 Å². The van der Waals surface area contributed by atoms with E-state index < -0.39 is 0 Å². The second-order valence-corrected chi connectivity index (χ2v) is 6.06. The SMILES string of the molecule is S=c1[nH]c2cc(I)ccc2n1CC1CCOC1. The van der Waals surface area contributed by atoms with Crippen molar-refractivity contribution < 1.29 is 4.74 Å². The van der Waals surface area contributed by atoms with Crippen LogP contribution in [0.25, 0.3) is 11.0 Å². The lowest BCUT2D eigenvalue weighted by molar-refractivity contribution is 0.182. The molecule has 1 atom stereocenters. The van der Waals surface area contributed by atoms with Crippen LogP contribution in [-0.2, 0) is 11.3 Å². The van der Waals surface area contributed by atoms with Crippen molar-refractivity contribution in [1.29, 1.82) is 0 Å². The number of hydrogen-bond acceptors (Lipinski definition) is 2. The van der Waals surface area contributed by atoms with Gasteiger partial charge in [-0.2, -0.15) is 0 Å². The Morgan fingerprint density at radius 2 is 2.41 bits per heavy atom. The molecule has 1 N–H and O–H groups in total. The molecule has 90 valence electrons. The maximum Gasteiger partial charge on any atom is 0.178 e. The number of halogens is 1. The Labute approximate surface area is 118 Å². The van der Waals surface area contributed by atoms with Gasteiger partial charge in [-0.25, -0.2) is 0 Å². The predicted molar refractivity (Wildman–Crippen MR) is 78.8 cm³/mol. The lowest BCUT2D eigenvalue weighted by atomic mass is 10.1. The number of fused-ring (bicyclic) bond motifs is 1. The van der Waals surface area contributed by atoms with E-state index in [1.807, 2.05) is 0 Å². The Kier molecular flexibility index (Phi) is 3.23. The molecule has 0 saturated carbocycles. The molecule has 17 heavy (non-hydrogen) atoms. The summed E-state index contributed by atoms with van der Waals surface area (Å²) in [5, 5.41) is 0. The van der Waals surface area contributed by atoms with E-state index in [9.17, 15) is 0 Å². The fourth-order valence-corrected chi connectivity index (χ4v) is 3.08. The molecule has 5 heteroatoms. The Balaban J connectivity index is 2.02.